The van der Waals surface area contributed by atoms with E-state index in [4.69, 9.17) is 4.74 Å². The minimum Gasteiger partial charge on any atom is -0.481 e. The topological polar surface area (TPSA) is 38.3 Å². The Morgan fingerprint density at radius 1 is 1.09 bits per heavy atom. The van der Waals surface area contributed by atoms with Crippen molar-refractivity contribution >= 4 is 11.6 Å². The summed E-state index contributed by atoms with van der Waals surface area (Å²) >= 11 is 0. The van der Waals surface area contributed by atoms with Crippen LogP contribution < -0.4 is 10.1 Å². The lowest BCUT2D eigenvalue weighted by Crippen LogP contribution is -2.30. The fourth-order valence-corrected chi connectivity index (χ4v) is 1.87. The Kier molecular flexibility index (Phi) is 4.75. The molecular weight excluding hydrogens is 288 g/mol. The molecule has 0 heterocycles. The second-order valence-corrected chi connectivity index (χ2v) is 5.12. The number of anilines is 1. The van der Waals surface area contributed by atoms with Crippen molar-refractivity contribution in [2.75, 3.05) is 5.32 Å². The van der Waals surface area contributed by atoms with Crippen LogP contribution in [0.2, 0.25) is 0 Å². The van der Waals surface area contributed by atoms with Crippen molar-refractivity contribution in [3.05, 3.63) is 59.2 Å². The summed E-state index contributed by atoms with van der Waals surface area (Å²) in [5, 5.41) is 2.38. The number of hydrogen-bond acceptors (Lipinski definition) is 2. The highest BCUT2D eigenvalue weighted by Gasteiger charge is 2.17. The van der Waals surface area contributed by atoms with Crippen molar-refractivity contribution in [3.8, 4) is 5.75 Å². The van der Waals surface area contributed by atoms with Crippen LogP contribution in [0.3, 0.4) is 0 Å². The lowest BCUT2D eigenvalue weighted by atomic mass is 10.1. The molecule has 1 atom stereocenters. The normalized spacial score (nSPS) is 11.9. The summed E-state index contributed by atoms with van der Waals surface area (Å²) in [4.78, 5) is 12.0. The third kappa shape index (κ3) is 3.81. The number of halogens is 2. The van der Waals surface area contributed by atoms with E-state index < -0.39 is 23.6 Å². The van der Waals surface area contributed by atoms with Crippen molar-refractivity contribution in [1.82, 2.24) is 0 Å². The molecule has 0 aromatic heterocycles. The number of ether oxygens (including phenoxy) is 1. The Hall–Kier alpha value is -2.43. The molecule has 2 aromatic carbocycles. The van der Waals surface area contributed by atoms with Crippen molar-refractivity contribution in [3.63, 3.8) is 0 Å². The second kappa shape index (κ2) is 6.56. The van der Waals surface area contributed by atoms with Crippen LogP contribution in [0.25, 0.3) is 0 Å². The van der Waals surface area contributed by atoms with Crippen LogP contribution in [0.5, 0.6) is 5.75 Å². The highest BCUT2D eigenvalue weighted by molar-refractivity contribution is 5.94. The van der Waals surface area contributed by atoms with Crippen molar-refractivity contribution in [2.24, 2.45) is 0 Å². The molecule has 0 radical (unpaired) electrons. The third-order valence-corrected chi connectivity index (χ3v) is 3.35. The Morgan fingerprint density at radius 2 is 1.82 bits per heavy atom. The van der Waals surface area contributed by atoms with Gasteiger partial charge in [0.15, 0.2) is 6.10 Å². The van der Waals surface area contributed by atoms with Gasteiger partial charge in [0.1, 0.15) is 17.4 Å². The molecule has 2 aromatic rings. The fourth-order valence-electron chi connectivity index (χ4n) is 1.87. The summed E-state index contributed by atoms with van der Waals surface area (Å²) in [5.41, 5.74) is 2.09. The van der Waals surface area contributed by atoms with E-state index in [0.717, 1.165) is 17.2 Å². The van der Waals surface area contributed by atoms with Crippen LogP contribution in [-0.2, 0) is 4.79 Å². The van der Waals surface area contributed by atoms with Gasteiger partial charge in [0.2, 0.25) is 0 Å². The average Bonchev–Trinajstić information content (AvgIpc) is 2.45. The zero-order chi connectivity index (χ0) is 16.3. The van der Waals surface area contributed by atoms with Gasteiger partial charge >= 0.3 is 0 Å². The van der Waals surface area contributed by atoms with E-state index >= 15 is 0 Å². The molecule has 0 aliphatic heterocycles. The Bertz CT molecular complexity index is 701. The molecule has 5 heteroatoms. The average molecular weight is 305 g/mol. The monoisotopic (exact) mass is 305 g/mol. The molecular formula is C17H17F2NO2. The molecule has 0 saturated carbocycles. The summed E-state index contributed by atoms with van der Waals surface area (Å²) in [7, 11) is 0. The summed E-state index contributed by atoms with van der Waals surface area (Å²) in [5.74, 6) is -1.48. The first kappa shape index (κ1) is 15.9. The molecule has 0 bridgehead atoms. The molecule has 2 rings (SSSR count). The number of carbonyl (C=O) groups excluding carboxylic acids is 1. The molecule has 0 fully saturated rings. The predicted octanol–water partition coefficient (Wildman–Crippen LogP) is 3.99. The number of amides is 1. The first-order chi connectivity index (χ1) is 10.4. The molecule has 22 heavy (non-hydrogen) atoms. The Labute approximate surface area is 127 Å². The van der Waals surface area contributed by atoms with Gasteiger partial charge < -0.3 is 10.1 Å². The number of carbonyl (C=O) groups is 1. The van der Waals surface area contributed by atoms with Gasteiger partial charge in [0.25, 0.3) is 5.91 Å². The van der Waals surface area contributed by atoms with Gasteiger partial charge in [-0.3, -0.25) is 4.79 Å². The SMILES string of the molecule is Cc1ccc(OC(C)C(=O)Nc2ccc(F)cc2F)cc1C. The van der Waals surface area contributed by atoms with E-state index in [1.165, 1.54) is 6.07 Å². The lowest BCUT2D eigenvalue weighted by Gasteiger charge is -2.16. The number of rotatable bonds is 4. The number of aryl methyl sites for hydroxylation is 2. The van der Waals surface area contributed by atoms with E-state index in [-0.39, 0.29) is 5.69 Å². The lowest BCUT2D eigenvalue weighted by molar-refractivity contribution is -0.122. The quantitative estimate of drug-likeness (QED) is 0.927. The third-order valence-electron chi connectivity index (χ3n) is 3.35. The summed E-state index contributed by atoms with van der Waals surface area (Å²) in [6.07, 6.45) is -0.813. The Morgan fingerprint density at radius 3 is 2.45 bits per heavy atom. The first-order valence-electron chi connectivity index (χ1n) is 6.86. The number of benzene rings is 2. The standard InChI is InChI=1S/C17H17F2NO2/c1-10-4-6-14(8-11(10)2)22-12(3)17(21)20-16-7-5-13(18)9-15(16)19/h4-9,12H,1-3H3,(H,20,21). The van der Waals surface area contributed by atoms with Crippen LogP contribution in [-0.4, -0.2) is 12.0 Å². The van der Waals surface area contributed by atoms with E-state index in [1.54, 1.807) is 13.0 Å². The highest BCUT2D eigenvalue weighted by Crippen LogP contribution is 2.19. The molecule has 0 spiro atoms. The molecule has 0 aliphatic carbocycles. The minimum atomic E-state index is -0.827. The fraction of sp³-hybridized carbons (Fsp3) is 0.235. The molecule has 1 N–H and O–H groups in total. The van der Waals surface area contributed by atoms with Crippen molar-refractivity contribution in [2.45, 2.75) is 26.9 Å². The maximum absolute atomic E-state index is 13.5. The summed E-state index contributed by atoms with van der Waals surface area (Å²) in [6.45, 7) is 5.49. The number of hydrogen-bond donors (Lipinski definition) is 1. The van der Waals surface area contributed by atoms with Crippen LogP contribution in [0.1, 0.15) is 18.1 Å². The maximum Gasteiger partial charge on any atom is 0.265 e. The van der Waals surface area contributed by atoms with E-state index in [0.29, 0.717) is 11.8 Å². The minimum absolute atomic E-state index is 0.0815. The molecule has 116 valence electrons. The highest BCUT2D eigenvalue weighted by atomic mass is 19.1. The molecule has 3 nitrogen and oxygen atoms in total. The van der Waals surface area contributed by atoms with E-state index in [2.05, 4.69) is 5.32 Å². The van der Waals surface area contributed by atoms with Gasteiger partial charge in [-0.05, 0) is 56.2 Å². The predicted molar refractivity (Wildman–Crippen MR) is 81.0 cm³/mol. The van der Waals surface area contributed by atoms with Gasteiger partial charge in [0.05, 0.1) is 5.69 Å². The van der Waals surface area contributed by atoms with E-state index in [9.17, 15) is 13.6 Å². The molecule has 1 amide bonds. The van der Waals surface area contributed by atoms with Gasteiger partial charge in [-0.1, -0.05) is 6.07 Å². The number of nitrogens with one attached hydrogen (secondary N) is 1. The van der Waals surface area contributed by atoms with Gasteiger partial charge in [-0.15, -0.1) is 0 Å². The van der Waals surface area contributed by atoms with Crippen molar-refractivity contribution < 1.29 is 18.3 Å². The van der Waals surface area contributed by atoms with Crippen LogP contribution in [0.15, 0.2) is 36.4 Å². The molecule has 0 saturated heterocycles. The van der Waals surface area contributed by atoms with Gasteiger partial charge in [-0.25, -0.2) is 8.78 Å². The zero-order valence-corrected chi connectivity index (χ0v) is 12.6. The molecule has 0 aliphatic rings. The summed E-state index contributed by atoms with van der Waals surface area (Å²) < 4.78 is 31.9. The smallest absolute Gasteiger partial charge is 0.265 e. The van der Waals surface area contributed by atoms with Crippen molar-refractivity contribution in [1.29, 1.82) is 0 Å². The van der Waals surface area contributed by atoms with Gasteiger partial charge in [0, 0.05) is 6.07 Å². The van der Waals surface area contributed by atoms with E-state index in [1.807, 2.05) is 26.0 Å². The van der Waals surface area contributed by atoms with Gasteiger partial charge in [-0.2, -0.15) is 0 Å². The largest absolute Gasteiger partial charge is 0.481 e. The van der Waals surface area contributed by atoms with Crippen LogP contribution in [0.4, 0.5) is 14.5 Å². The second-order valence-electron chi connectivity index (χ2n) is 5.12. The Balaban J connectivity index is 2.04. The first-order valence-corrected chi connectivity index (χ1v) is 6.86. The maximum atomic E-state index is 13.5. The van der Waals surface area contributed by atoms with Crippen LogP contribution >= 0.6 is 0 Å². The summed E-state index contributed by atoms with van der Waals surface area (Å²) in [6, 6.07) is 8.46. The zero-order valence-electron chi connectivity index (χ0n) is 12.6. The molecule has 1 unspecified atom stereocenters. The van der Waals surface area contributed by atoms with Crippen LogP contribution in [0, 0.1) is 25.5 Å².